The molecule has 0 unspecified atom stereocenters. The first-order valence-electron chi connectivity index (χ1n) is 13.6. The summed E-state index contributed by atoms with van der Waals surface area (Å²) in [6, 6.07) is 16.9. The second kappa shape index (κ2) is 12.2. The third-order valence-electron chi connectivity index (χ3n) is 6.98. The van der Waals surface area contributed by atoms with Crippen molar-refractivity contribution in [2.24, 2.45) is 0 Å². The molecule has 0 saturated heterocycles. The van der Waals surface area contributed by atoms with E-state index in [1.807, 2.05) is 54.6 Å². The molecule has 4 rings (SSSR count). The van der Waals surface area contributed by atoms with Gasteiger partial charge in [0.1, 0.15) is 17.1 Å². The van der Waals surface area contributed by atoms with E-state index in [9.17, 15) is 9.59 Å². The smallest absolute Gasteiger partial charge is 0.323 e. The van der Waals surface area contributed by atoms with Gasteiger partial charge in [0, 0.05) is 29.4 Å². The molecule has 2 N–H and O–H groups in total. The molecular formula is C32H38N4O3. The van der Waals surface area contributed by atoms with Crippen LogP contribution in [0.5, 0.6) is 5.75 Å². The fourth-order valence-electron chi connectivity index (χ4n) is 4.93. The van der Waals surface area contributed by atoms with Crippen molar-refractivity contribution in [3.05, 3.63) is 82.3 Å². The summed E-state index contributed by atoms with van der Waals surface area (Å²) in [7, 11) is 1.61. The Balaban J connectivity index is 1.88. The number of unbranched alkanes of at least 4 members (excludes halogenated alkanes) is 1. The number of ether oxygens (including phenoxy) is 1. The molecule has 2 heterocycles. The monoisotopic (exact) mass is 526 g/mol. The van der Waals surface area contributed by atoms with Gasteiger partial charge in [-0.3, -0.25) is 9.36 Å². The van der Waals surface area contributed by atoms with Crippen molar-refractivity contribution in [3.8, 4) is 16.9 Å². The van der Waals surface area contributed by atoms with Crippen LogP contribution in [-0.2, 0) is 6.54 Å². The van der Waals surface area contributed by atoms with Gasteiger partial charge in [-0.25, -0.2) is 9.78 Å². The Bertz CT molecular complexity index is 1500. The summed E-state index contributed by atoms with van der Waals surface area (Å²) >= 11 is 0. The third kappa shape index (κ3) is 5.82. The Morgan fingerprint density at radius 2 is 1.56 bits per heavy atom. The van der Waals surface area contributed by atoms with Crippen LogP contribution in [0.1, 0.15) is 70.4 Å². The summed E-state index contributed by atoms with van der Waals surface area (Å²) in [4.78, 5) is 32.2. The van der Waals surface area contributed by atoms with Gasteiger partial charge >= 0.3 is 6.03 Å². The average molecular weight is 527 g/mol. The van der Waals surface area contributed by atoms with Gasteiger partial charge in [-0.05, 0) is 59.2 Å². The number of nitrogens with one attached hydrogen (secondary N) is 2. The Morgan fingerprint density at radius 3 is 2.15 bits per heavy atom. The molecule has 2 aromatic carbocycles. The molecule has 0 aliphatic rings. The number of fused-ring (bicyclic) bond motifs is 1. The maximum absolute atomic E-state index is 14.0. The van der Waals surface area contributed by atoms with Crippen molar-refractivity contribution in [1.29, 1.82) is 0 Å². The number of hydrogen-bond donors (Lipinski definition) is 2. The molecule has 2 aromatic heterocycles. The summed E-state index contributed by atoms with van der Waals surface area (Å²) in [5, 5.41) is 6.84. The normalized spacial score (nSPS) is 11.3. The van der Waals surface area contributed by atoms with Crippen LogP contribution < -0.4 is 20.9 Å². The topological polar surface area (TPSA) is 85.2 Å². The maximum Gasteiger partial charge on any atom is 0.323 e. The van der Waals surface area contributed by atoms with Gasteiger partial charge in [0.2, 0.25) is 0 Å². The lowest BCUT2D eigenvalue weighted by atomic mass is 9.93. The number of amides is 2. The number of hydrogen-bond acceptors (Lipinski definition) is 4. The molecular weight excluding hydrogens is 488 g/mol. The first kappa shape index (κ1) is 27.9. The van der Waals surface area contributed by atoms with Gasteiger partial charge < -0.3 is 15.4 Å². The number of urea groups is 1. The fraction of sp³-hybridized carbons (Fsp3) is 0.344. The minimum absolute atomic E-state index is 0.215. The van der Waals surface area contributed by atoms with Crippen LogP contribution in [0.3, 0.4) is 0 Å². The highest BCUT2D eigenvalue weighted by Crippen LogP contribution is 2.35. The number of carbonyl (C=O) groups is 1. The highest BCUT2D eigenvalue weighted by atomic mass is 16.5. The Hall–Kier alpha value is -4.13. The van der Waals surface area contributed by atoms with Crippen LogP contribution in [0.15, 0.2) is 65.6 Å². The highest BCUT2D eigenvalue weighted by molar-refractivity contribution is 6.07. The quantitative estimate of drug-likeness (QED) is 0.233. The van der Waals surface area contributed by atoms with Crippen LogP contribution in [0, 0.1) is 0 Å². The van der Waals surface area contributed by atoms with E-state index in [-0.39, 0.29) is 23.1 Å². The largest absolute Gasteiger partial charge is 0.497 e. The molecule has 39 heavy (non-hydrogen) atoms. The first-order chi connectivity index (χ1) is 18.8. The predicted octanol–water partition coefficient (Wildman–Crippen LogP) is 7.76. The number of carbonyl (C=O) groups excluding carboxylic acids is 1. The molecule has 2 amide bonds. The summed E-state index contributed by atoms with van der Waals surface area (Å²) in [5.41, 5.74) is 4.85. The van der Waals surface area contributed by atoms with Crippen LogP contribution in [0.2, 0.25) is 0 Å². The number of anilines is 2. The van der Waals surface area contributed by atoms with Gasteiger partial charge in [0.25, 0.3) is 5.56 Å². The lowest BCUT2D eigenvalue weighted by Crippen LogP contribution is -2.30. The van der Waals surface area contributed by atoms with Crippen LogP contribution in [-0.4, -0.2) is 22.7 Å². The lowest BCUT2D eigenvalue weighted by Gasteiger charge is -2.21. The molecule has 4 aromatic rings. The van der Waals surface area contributed by atoms with Crippen molar-refractivity contribution in [2.75, 3.05) is 17.7 Å². The SMILES string of the molecule is CCCCn1c(=O)c(NC(=O)Nc2c(C(C)C)cccc2C(C)C)c(-c2ccc(OC)cc2)c2cccnc21. The number of methoxy groups -OCH3 is 1. The van der Waals surface area contributed by atoms with Crippen molar-refractivity contribution < 1.29 is 9.53 Å². The van der Waals surface area contributed by atoms with Crippen LogP contribution in [0.4, 0.5) is 16.2 Å². The van der Waals surface area contributed by atoms with E-state index in [4.69, 9.17) is 4.74 Å². The predicted molar refractivity (Wildman–Crippen MR) is 160 cm³/mol. The van der Waals surface area contributed by atoms with Crippen molar-refractivity contribution in [2.45, 2.75) is 65.8 Å². The van der Waals surface area contributed by atoms with E-state index < -0.39 is 6.03 Å². The molecule has 0 radical (unpaired) electrons. The molecule has 0 saturated carbocycles. The summed E-state index contributed by atoms with van der Waals surface area (Å²) in [6.07, 6.45) is 3.44. The molecule has 0 spiro atoms. The number of rotatable bonds is 9. The Morgan fingerprint density at radius 1 is 0.923 bits per heavy atom. The molecule has 0 aliphatic heterocycles. The molecule has 7 heteroatoms. The van der Waals surface area contributed by atoms with Crippen molar-refractivity contribution in [3.63, 3.8) is 0 Å². The summed E-state index contributed by atoms with van der Waals surface area (Å²) < 4.78 is 7.01. The maximum atomic E-state index is 14.0. The minimum Gasteiger partial charge on any atom is -0.497 e. The third-order valence-corrected chi connectivity index (χ3v) is 6.98. The second-order valence-electron chi connectivity index (χ2n) is 10.4. The van der Waals surface area contributed by atoms with E-state index >= 15 is 0 Å². The average Bonchev–Trinajstić information content (AvgIpc) is 2.93. The van der Waals surface area contributed by atoms with Crippen LogP contribution in [0.25, 0.3) is 22.2 Å². The molecule has 0 aliphatic carbocycles. The number of pyridine rings is 2. The van der Waals surface area contributed by atoms with Crippen molar-refractivity contribution in [1.82, 2.24) is 9.55 Å². The van der Waals surface area contributed by atoms with E-state index in [1.54, 1.807) is 17.9 Å². The van der Waals surface area contributed by atoms with Gasteiger partial charge in [0.05, 0.1) is 7.11 Å². The van der Waals surface area contributed by atoms with E-state index in [0.29, 0.717) is 23.5 Å². The zero-order valence-corrected chi connectivity index (χ0v) is 23.7. The number of benzene rings is 2. The van der Waals surface area contributed by atoms with Crippen LogP contribution >= 0.6 is 0 Å². The summed E-state index contributed by atoms with van der Waals surface area (Å²) in [6.45, 7) is 11.0. The number of para-hydroxylation sites is 1. The van der Waals surface area contributed by atoms with E-state index in [0.717, 1.165) is 40.6 Å². The lowest BCUT2D eigenvalue weighted by molar-refractivity contribution is 0.262. The first-order valence-corrected chi connectivity index (χ1v) is 13.6. The summed E-state index contributed by atoms with van der Waals surface area (Å²) in [5.74, 6) is 1.13. The highest BCUT2D eigenvalue weighted by Gasteiger charge is 2.22. The molecule has 0 atom stereocenters. The molecule has 204 valence electrons. The van der Waals surface area contributed by atoms with Crippen molar-refractivity contribution >= 4 is 28.4 Å². The number of nitrogens with zero attached hydrogens (tertiary/aromatic N) is 2. The Kier molecular flexibility index (Phi) is 8.69. The van der Waals surface area contributed by atoms with Gasteiger partial charge in [-0.2, -0.15) is 0 Å². The fourth-order valence-corrected chi connectivity index (χ4v) is 4.93. The second-order valence-corrected chi connectivity index (χ2v) is 10.4. The standard InChI is InChI=1S/C32H38N4O3/c1-7-8-19-36-30-26(13-10-18-33-30)27(22-14-16-23(39-6)17-15-22)29(31(36)37)35-32(38)34-28-24(20(2)3)11-9-12-25(28)21(4)5/h9-18,20-21H,7-8,19H2,1-6H3,(H2,34,35,38). The number of aryl methyl sites for hydroxylation is 1. The minimum atomic E-state index is -0.456. The Labute approximate surface area is 230 Å². The number of aromatic nitrogens is 2. The zero-order valence-electron chi connectivity index (χ0n) is 23.7. The van der Waals surface area contributed by atoms with E-state index in [1.165, 1.54) is 0 Å². The molecule has 7 nitrogen and oxygen atoms in total. The zero-order chi connectivity index (χ0) is 28.1. The van der Waals surface area contributed by atoms with Gasteiger partial charge in [0.15, 0.2) is 0 Å². The molecule has 0 bridgehead atoms. The van der Waals surface area contributed by atoms with Gasteiger partial charge in [-0.1, -0.05) is 71.4 Å². The van der Waals surface area contributed by atoms with E-state index in [2.05, 4.69) is 50.2 Å². The van der Waals surface area contributed by atoms with Gasteiger partial charge in [-0.15, -0.1) is 0 Å². The molecule has 0 fully saturated rings.